The largest absolute Gasteiger partial charge is 0.472 e. The quantitative estimate of drug-likeness (QED) is 0.660. The zero-order valence-corrected chi connectivity index (χ0v) is 7.11. The van der Waals surface area contributed by atoms with Gasteiger partial charge < -0.3 is 8.83 Å². The fourth-order valence-corrected chi connectivity index (χ4v) is 1.27. The number of rotatable bonds is 2. The number of hydrogen-bond donors (Lipinski definition) is 0. The second-order valence-electron chi connectivity index (χ2n) is 2.75. The van der Waals surface area contributed by atoms with Crippen LogP contribution in [0, 0.1) is 6.92 Å². The monoisotopic (exact) mass is 176 g/mol. The molecule has 0 spiro atoms. The lowest BCUT2D eigenvalue weighted by molar-refractivity contribution is 0.109. The van der Waals surface area contributed by atoms with Gasteiger partial charge >= 0.3 is 0 Å². The molecular weight excluding hydrogens is 168 g/mol. The summed E-state index contributed by atoms with van der Waals surface area (Å²) in [5.41, 5.74) is 1.82. The Kier molecular flexibility index (Phi) is 1.77. The van der Waals surface area contributed by atoms with Crippen LogP contribution in [0.3, 0.4) is 0 Å². The van der Waals surface area contributed by atoms with E-state index >= 15 is 0 Å². The van der Waals surface area contributed by atoms with Crippen LogP contribution < -0.4 is 0 Å². The van der Waals surface area contributed by atoms with Crippen LogP contribution in [-0.2, 0) is 0 Å². The second kappa shape index (κ2) is 2.94. The minimum atomic E-state index is 0.341. The Morgan fingerprint density at radius 2 is 2.31 bits per heavy atom. The van der Waals surface area contributed by atoms with Crippen molar-refractivity contribution in [2.45, 2.75) is 6.92 Å². The van der Waals surface area contributed by atoms with Crippen LogP contribution in [0.4, 0.5) is 0 Å². The first-order valence-corrected chi connectivity index (χ1v) is 3.89. The van der Waals surface area contributed by atoms with Crippen LogP contribution in [0.15, 0.2) is 33.5 Å². The predicted molar refractivity (Wildman–Crippen MR) is 46.5 cm³/mol. The summed E-state index contributed by atoms with van der Waals surface area (Å²) in [5, 5.41) is 0. The summed E-state index contributed by atoms with van der Waals surface area (Å²) in [6, 6.07) is 3.53. The lowest BCUT2D eigenvalue weighted by atomic mass is 10.1. The summed E-state index contributed by atoms with van der Waals surface area (Å²) < 4.78 is 10.1. The molecule has 0 N–H and O–H groups in total. The maximum Gasteiger partial charge on any atom is 0.185 e. The molecule has 0 aromatic carbocycles. The van der Waals surface area contributed by atoms with E-state index in [0.717, 1.165) is 16.9 Å². The summed E-state index contributed by atoms with van der Waals surface area (Å²) in [6.07, 6.45) is 3.89. The van der Waals surface area contributed by atoms with Crippen molar-refractivity contribution in [1.82, 2.24) is 0 Å². The van der Waals surface area contributed by atoms with Crippen molar-refractivity contribution in [3.63, 3.8) is 0 Å². The van der Waals surface area contributed by atoms with E-state index in [2.05, 4.69) is 0 Å². The lowest BCUT2D eigenvalue weighted by Crippen LogP contribution is -1.70. The van der Waals surface area contributed by atoms with Crippen molar-refractivity contribution < 1.29 is 13.6 Å². The number of carbonyl (C=O) groups excluding carboxylic acids is 1. The molecule has 2 rings (SSSR count). The number of hydrogen-bond acceptors (Lipinski definition) is 3. The molecule has 0 amide bonds. The van der Waals surface area contributed by atoms with E-state index < -0.39 is 0 Å². The van der Waals surface area contributed by atoms with Crippen molar-refractivity contribution >= 4 is 6.29 Å². The van der Waals surface area contributed by atoms with Crippen LogP contribution in [0.5, 0.6) is 0 Å². The maximum absolute atomic E-state index is 10.4. The molecule has 0 bridgehead atoms. The zero-order chi connectivity index (χ0) is 9.26. The van der Waals surface area contributed by atoms with Gasteiger partial charge in [-0.25, -0.2) is 0 Å². The lowest BCUT2D eigenvalue weighted by Gasteiger charge is -1.89. The van der Waals surface area contributed by atoms with Gasteiger partial charge in [-0.1, -0.05) is 0 Å². The molecule has 0 atom stereocenters. The number of furan rings is 2. The summed E-state index contributed by atoms with van der Waals surface area (Å²) >= 11 is 0. The maximum atomic E-state index is 10.4. The van der Waals surface area contributed by atoms with E-state index in [1.165, 1.54) is 0 Å². The van der Waals surface area contributed by atoms with Gasteiger partial charge in [0.25, 0.3) is 0 Å². The molecule has 2 heterocycles. The second-order valence-corrected chi connectivity index (χ2v) is 2.75. The first-order chi connectivity index (χ1) is 6.31. The third-order valence-corrected chi connectivity index (χ3v) is 1.89. The first kappa shape index (κ1) is 7.86. The van der Waals surface area contributed by atoms with E-state index in [4.69, 9.17) is 8.83 Å². The van der Waals surface area contributed by atoms with Gasteiger partial charge in [-0.05, 0) is 19.1 Å². The summed E-state index contributed by atoms with van der Waals surface area (Å²) in [5.74, 6) is 1.07. The summed E-state index contributed by atoms with van der Waals surface area (Å²) in [7, 11) is 0. The van der Waals surface area contributed by atoms with E-state index in [1.807, 2.05) is 13.0 Å². The van der Waals surface area contributed by atoms with E-state index in [0.29, 0.717) is 12.0 Å². The van der Waals surface area contributed by atoms with Gasteiger partial charge in [0.05, 0.1) is 12.5 Å². The number of aldehydes is 1. The van der Waals surface area contributed by atoms with Crippen molar-refractivity contribution in [3.05, 3.63) is 36.2 Å². The smallest absolute Gasteiger partial charge is 0.185 e. The average molecular weight is 176 g/mol. The van der Waals surface area contributed by atoms with Crippen LogP contribution in [0.1, 0.15) is 16.3 Å². The van der Waals surface area contributed by atoms with E-state index in [1.54, 1.807) is 18.6 Å². The molecule has 0 aliphatic rings. The molecule has 0 aliphatic heterocycles. The van der Waals surface area contributed by atoms with Gasteiger partial charge in [-0.2, -0.15) is 0 Å². The third-order valence-electron chi connectivity index (χ3n) is 1.89. The molecule has 2 aromatic rings. The highest BCUT2D eigenvalue weighted by atomic mass is 16.3. The summed E-state index contributed by atoms with van der Waals surface area (Å²) in [6.45, 7) is 1.81. The Morgan fingerprint density at radius 3 is 2.85 bits per heavy atom. The molecule has 0 unspecified atom stereocenters. The Labute approximate surface area is 75.0 Å². The number of carbonyl (C=O) groups is 1. The Hall–Kier alpha value is -1.77. The van der Waals surface area contributed by atoms with E-state index in [-0.39, 0.29) is 0 Å². The fraction of sp³-hybridized carbons (Fsp3) is 0.100. The fourth-order valence-electron chi connectivity index (χ4n) is 1.27. The highest BCUT2D eigenvalue weighted by molar-refractivity contribution is 5.76. The van der Waals surface area contributed by atoms with E-state index in [9.17, 15) is 4.79 Å². The van der Waals surface area contributed by atoms with Crippen molar-refractivity contribution in [2.24, 2.45) is 0 Å². The highest BCUT2D eigenvalue weighted by Gasteiger charge is 2.09. The molecule has 3 nitrogen and oxygen atoms in total. The van der Waals surface area contributed by atoms with Gasteiger partial charge in [0.2, 0.25) is 0 Å². The van der Waals surface area contributed by atoms with Gasteiger partial charge in [0.15, 0.2) is 12.0 Å². The minimum absolute atomic E-state index is 0.341. The number of aryl methyl sites for hydroxylation is 1. The van der Waals surface area contributed by atoms with Crippen LogP contribution in [-0.4, -0.2) is 6.29 Å². The molecule has 66 valence electrons. The van der Waals surface area contributed by atoms with Gasteiger partial charge in [0.1, 0.15) is 5.76 Å². The topological polar surface area (TPSA) is 43.4 Å². The molecule has 2 aromatic heterocycles. The van der Waals surface area contributed by atoms with Crippen LogP contribution in [0.25, 0.3) is 11.1 Å². The molecule has 0 saturated carbocycles. The van der Waals surface area contributed by atoms with Crippen LogP contribution in [0.2, 0.25) is 0 Å². The Bertz CT molecular complexity index is 409. The molecular formula is C10H8O3. The molecule has 0 radical (unpaired) electrons. The Morgan fingerprint density at radius 1 is 1.46 bits per heavy atom. The molecule has 0 aliphatic carbocycles. The molecule has 0 saturated heterocycles. The Balaban J connectivity index is 2.52. The SMILES string of the molecule is Cc1oc(C=O)cc1-c1ccoc1. The van der Waals surface area contributed by atoms with Gasteiger partial charge in [-0.3, -0.25) is 4.79 Å². The minimum Gasteiger partial charge on any atom is -0.472 e. The standard InChI is InChI=1S/C10H8O3/c1-7-10(4-9(5-11)13-7)8-2-3-12-6-8/h2-6H,1H3. The highest BCUT2D eigenvalue weighted by Crippen LogP contribution is 2.26. The predicted octanol–water partition coefficient (Wildman–Crippen LogP) is 2.66. The first-order valence-electron chi connectivity index (χ1n) is 3.89. The zero-order valence-electron chi connectivity index (χ0n) is 7.11. The normalized spacial score (nSPS) is 10.2. The average Bonchev–Trinajstić information content (AvgIpc) is 2.72. The van der Waals surface area contributed by atoms with Gasteiger partial charge in [0, 0.05) is 11.1 Å². The molecule has 13 heavy (non-hydrogen) atoms. The summed E-state index contributed by atoms with van der Waals surface area (Å²) in [4.78, 5) is 10.4. The van der Waals surface area contributed by atoms with Crippen molar-refractivity contribution in [1.29, 1.82) is 0 Å². The van der Waals surface area contributed by atoms with Gasteiger partial charge in [-0.15, -0.1) is 0 Å². The van der Waals surface area contributed by atoms with Crippen molar-refractivity contribution in [2.75, 3.05) is 0 Å². The molecule has 0 fully saturated rings. The third kappa shape index (κ3) is 1.28. The molecule has 3 heteroatoms. The van der Waals surface area contributed by atoms with Crippen LogP contribution >= 0.6 is 0 Å². The van der Waals surface area contributed by atoms with Crippen molar-refractivity contribution in [3.8, 4) is 11.1 Å².